The fraction of sp³-hybridized carbons (Fsp3) is 0.333. The van der Waals surface area contributed by atoms with Gasteiger partial charge in [0.15, 0.2) is 0 Å². The van der Waals surface area contributed by atoms with Crippen molar-refractivity contribution >= 4 is 15.8 Å². The highest BCUT2D eigenvalue weighted by molar-refractivity contribution is 6.10. The predicted octanol–water partition coefficient (Wildman–Crippen LogP) is 3.11. The lowest BCUT2D eigenvalue weighted by Gasteiger charge is -2.12. The summed E-state index contributed by atoms with van der Waals surface area (Å²) in [4.78, 5) is 0. The number of hydrogen-bond donors (Lipinski definition) is 0. The predicted molar refractivity (Wildman–Crippen MR) is 76.1 cm³/mol. The van der Waals surface area contributed by atoms with Gasteiger partial charge in [0.1, 0.15) is 0 Å². The molecule has 1 aromatic carbocycles. The number of allylic oxidation sites excluding steroid dienone is 4. The Bertz CT molecular complexity index is 455. The summed E-state index contributed by atoms with van der Waals surface area (Å²) in [7, 11) is 1.27. The van der Waals surface area contributed by atoms with Gasteiger partial charge in [-0.05, 0) is 55.5 Å². The van der Waals surface area contributed by atoms with Gasteiger partial charge < -0.3 is 0 Å². The summed E-state index contributed by atoms with van der Waals surface area (Å²) in [6.45, 7) is 6.64. The van der Waals surface area contributed by atoms with Crippen molar-refractivity contribution in [3.63, 3.8) is 0 Å². The maximum atomic E-state index is 2.40. The molecular weight excluding hydrogens is 208 g/mol. The molecule has 1 aliphatic carbocycles. The van der Waals surface area contributed by atoms with Crippen LogP contribution in [-0.4, -0.2) is 10.2 Å². The second-order valence-corrected chi connectivity index (χ2v) is 5.49. The van der Waals surface area contributed by atoms with Crippen LogP contribution in [0.1, 0.15) is 28.7 Å². The second kappa shape index (κ2) is 4.42. The summed E-state index contributed by atoms with van der Waals surface area (Å²) in [5, 5.41) is 0. The molecular formula is C15H20Si. The van der Waals surface area contributed by atoms with Crippen LogP contribution in [0.25, 0.3) is 5.57 Å². The van der Waals surface area contributed by atoms with Crippen LogP contribution in [-0.2, 0) is 0 Å². The van der Waals surface area contributed by atoms with E-state index in [0.29, 0.717) is 0 Å². The van der Waals surface area contributed by atoms with Crippen molar-refractivity contribution in [2.24, 2.45) is 0 Å². The van der Waals surface area contributed by atoms with Crippen molar-refractivity contribution in [3.8, 4) is 0 Å². The Morgan fingerprint density at radius 3 is 2.25 bits per heavy atom. The summed E-state index contributed by atoms with van der Waals surface area (Å²) < 4.78 is 0. The molecule has 0 nitrogen and oxygen atoms in total. The van der Waals surface area contributed by atoms with Gasteiger partial charge in [0.2, 0.25) is 0 Å². The van der Waals surface area contributed by atoms with Crippen molar-refractivity contribution in [1.82, 2.24) is 0 Å². The summed E-state index contributed by atoms with van der Waals surface area (Å²) in [5.74, 6) is 0. The highest BCUT2D eigenvalue weighted by Gasteiger charge is 2.12. The van der Waals surface area contributed by atoms with Crippen LogP contribution >= 0.6 is 0 Å². The average Bonchev–Trinajstić information content (AvgIpc) is 2.64. The van der Waals surface area contributed by atoms with Gasteiger partial charge in [-0.3, -0.25) is 0 Å². The molecule has 0 amide bonds. The van der Waals surface area contributed by atoms with Crippen LogP contribution in [0.4, 0.5) is 0 Å². The molecule has 0 heterocycles. The largest absolute Gasteiger partial charge is 0.0772 e. The molecule has 0 aromatic heterocycles. The van der Waals surface area contributed by atoms with Crippen LogP contribution in [0, 0.1) is 20.8 Å². The van der Waals surface area contributed by atoms with E-state index in [9.17, 15) is 0 Å². The van der Waals surface area contributed by atoms with Gasteiger partial charge in [0.05, 0.1) is 0 Å². The Morgan fingerprint density at radius 2 is 1.75 bits per heavy atom. The molecule has 1 aliphatic rings. The Balaban J connectivity index is 2.44. The van der Waals surface area contributed by atoms with Crippen LogP contribution in [0.3, 0.4) is 0 Å². The van der Waals surface area contributed by atoms with Gasteiger partial charge in [0, 0.05) is 10.2 Å². The van der Waals surface area contributed by atoms with E-state index in [4.69, 9.17) is 0 Å². The normalized spacial score (nSPS) is 15.2. The molecule has 1 heteroatoms. The van der Waals surface area contributed by atoms with E-state index in [1.54, 1.807) is 5.57 Å². The van der Waals surface area contributed by atoms with Crippen LogP contribution < -0.4 is 0 Å². The van der Waals surface area contributed by atoms with Gasteiger partial charge in [-0.15, -0.1) is 0 Å². The van der Waals surface area contributed by atoms with Crippen LogP contribution in [0.15, 0.2) is 29.9 Å². The van der Waals surface area contributed by atoms with Crippen LogP contribution in [0.2, 0.25) is 6.04 Å². The lowest BCUT2D eigenvalue weighted by Crippen LogP contribution is -1.93. The zero-order chi connectivity index (χ0) is 11.7. The lowest BCUT2D eigenvalue weighted by atomic mass is 9.93. The van der Waals surface area contributed by atoms with Crippen molar-refractivity contribution in [1.29, 1.82) is 0 Å². The summed E-state index contributed by atoms with van der Waals surface area (Å²) in [6.07, 6.45) is 5.92. The van der Waals surface area contributed by atoms with Gasteiger partial charge in [0.25, 0.3) is 0 Å². The monoisotopic (exact) mass is 228 g/mol. The van der Waals surface area contributed by atoms with Crippen molar-refractivity contribution < 1.29 is 0 Å². The van der Waals surface area contributed by atoms with E-state index in [1.165, 1.54) is 44.1 Å². The molecule has 0 spiro atoms. The standard InChI is InChI=1S/C15H20Si/c1-10-6-11(2)15(12(3)7-10)14-5-4-13(8-14)9-16/h4,6-8H,5,9H2,1-3,16H3. The minimum Gasteiger partial charge on any atom is -0.0772 e. The molecule has 0 unspecified atom stereocenters. The van der Waals surface area contributed by atoms with Gasteiger partial charge in [-0.25, -0.2) is 0 Å². The molecule has 84 valence electrons. The third-order valence-corrected chi connectivity index (χ3v) is 4.17. The van der Waals surface area contributed by atoms with Crippen molar-refractivity contribution in [3.05, 3.63) is 52.1 Å². The SMILES string of the molecule is Cc1cc(C)c(C2=CC(C[SiH3])=CC2)c(C)c1. The molecule has 0 atom stereocenters. The topological polar surface area (TPSA) is 0 Å². The number of rotatable bonds is 2. The third-order valence-electron chi connectivity index (χ3n) is 3.35. The quantitative estimate of drug-likeness (QED) is 0.682. The molecule has 0 aliphatic heterocycles. The molecule has 16 heavy (non-hydrogen) atoms. The van der Waals surface area contributed by atoms with Gasteiger partial charge in [-0.1, -0.05) is 35.4 Å². The lowest BCUT2D eigenvalue weighted by molar-refractivity contribution is 1.26. The highest BCUT2D eigenvalue weighted by Crippen LogP contribution is 2.32. The first-order valence-electron chi connectivity index (χ1n) is 6.09. The van der Waals surface area contributed by atoms with E-state index >= 15 is 0 Å². The number of aryl methyl sites for hydroxylation is 3. The Labute approximate surface area is 102 Å². The first-order valence-corrected chi connectivity index (χ1v) is 7.51. The minimum atomic E-state index is 1.13. The third kappa shape index (κ3) is 2.05. The van der Waals surface area contributed by atoms with Crippen LogP contribution in [0.5, 0.6) is 0 Å². The highest BCUT2D eigenvalue weighted by atomic mass is 28.1. The summed E-state index contributed by atoms with van der Waals surface area (Å²) in [6, 6.07) is 5.87. The molecule has 1 aromatic rings. The Hall–Kier alpha value is -1.08. The number of hydrogen-bond acceptors (Lipinski definition) is 0. The van der Waals surface area contributed by atoms with E-state index in [2.05, 4.69) is 45.1 Å². The molecule has 2 rings (SSSR count). The molecule has 0 fully saturated rings. The molecule has 0 bridgehead atoms. The Morgan fingerprint density at radius 1 is 1.12 bits per heavy atom. The zero-order valence-corrected chi connectivity index (χ0v) is 12.7. The first-order chi connectivity index (χ1) is 7.61. The van der Waals surface area contributed by atoms with E-state index in [1.807, 2.05) is 0 Å². The van der Waals surface area contributed by atoms with E-state index in [-0.39, 0.29) is 0 Å². The van der Waals surface area contributed by atoms with Crippen molar-refractivity contribution in [2.45, 2.75) is 33.2 Å². The van der Waals surface area contributed by atoms with Gasteiger partial charge in [-0.2, -0.15) is 0 Å². The maximum Gasteiger partial charge on any atom is 0.00831 e. The summed E-state index contributed by atoms with van der Waals surface area (Å²) >= 11 is 0. The average molecular weight is 228 g/mol. The second-order valence-electron chi connectivity index (χ2n) is 4.78. The smallest absolute Gasteiger partial charge is 0.00831 e. The first kappa shape index (κ1) is 11.4. The fourth-order valence-electron chi connectivity index (χ4n) is 2.69. The number of benzene rings is 1. The van der Waals surface area contributed by atoms with Crippen molar-refractivity contribution in [2.75, 3.05) is 0 Å². The van der Waals surface area contributed by atoms with Gasteiger partial charge >= 0.3 is 0 Å². The molecule has 0 radical (unpaired) electrons. The zero-order valence-electron chi connectivity index (χ0n) is 10.7. The molecule has 0 saturated carbocycles. The minimum absolute atomic E-state index is 1.13. The summed E-state index contributed by atoms with van der Waals surface area (Å²) in [5.41, 5.74) is 8.75. The Kier molecular flexibility index (Phi) is 3.15. The molecule has 0 saturated heterocycles. The van der Waals surface area contributed by atoms with E-state index < -0.39 is 0 Å². The fourth-order valence-corrected chi connectivity index (χ4v) is 3.18. The van der Waals surface area contributed by atoms with E-state index in [0.717, 1.165) is 6.42 Å². The molecule has 0 N–H and O–H groups in total. The maximum absolute atomic E-state index is 2.40.